The molecule has 0 saturated carbocycles. The lowest BCUT2D eigenvalue weighted by Gasteiger charge is -2.06. The highest BCUT2D eigenvalue weighted by Crippen LogP contribution is 2.19. The van der Waals surface area contributed by atoms with Gasteiger partial charge in [-0.15, -0.1) is 0 Å². The van der Waals surface area contributed by atoms with Gasteiger partial charge >= 0.3 is 5.97 Å². The average Bonchev–Trinajstić information content (AvgIpc) is 2.56. The van der Waals surface area contributed by atoms with Crippen molar-refractivity contribution in [3.8, 4) is 0 Å². The minimum Gasteiger partial charge on any atom is -0.469 e. The van der Waals surface area contributed by atoms with Crippen LogP contribution in [-0.2, 0) is 22.4 Å². The molecule has 0 N–H and O–H groups in total. The van der Waals surface area contributed by atoms with Crippen molar-refractivity contribution >= 4 is 16.7 Å². The first-order valence-corrected chi connectivity index (χ1v) is 7.47. The third kappa shape index (κ3) is 3.75. The first kappa shape index (κ1) is 15.2. The summed E-state index contributed by atoms with van der Waals surface area (Å²) in [5.74, 6) is -0.453. The number of methoxy groups -OCH3 is 1. The van der Waals surface area contributed by atoms with Crippen LogP contribution in [0.1, 0.15) is 16.7 Å². The van der Waals surface area contributed by atoms with E-state index >= 15 is 0 Å². The molecule has 0 amide bonds. The van der Waals surface area contributed by atoms with E-state index in [1.165, 1.54) is 24.3 Å². The van der Waals surface area contributed by atoms with Crippen LogP contribution in [0.15, 0.2) is 60.7 Å². The number of halogens is 1. The first-order valence-electron chi connectivity index (χ1n) is 7.47. The number of fused-ring (bicyclic) bond motifs is 1. The fourth-order valence-electron chi connectivity index (χ4n) is 2.63. The van der Waals surface area contributed by atoms with Crippen LogP contribution in [0.25, 0.3) is 10.8 Å². The number of carbonyl (C=O) groups is 1. The number of benzene rings is 3. The highest BCUT2D eigenvalue weighted by molar-refractivity contribution is 5.83. The molecule has 0 aliphatic rings. The zero-order valence-corrected chi connectivity index (χ0v) is 12.9. The Morgan fingerprint density at radius 1 is 0.870 bits per heavy atom. The molecule has 3 rings (SSSR count). The molecular weight excluding hydrogens is 291 g/mol. The molecule has 0 aliphatic carbocycles. The largest absolute Gasteiger partial charge is 0.469 e. The Labute approximate surface area is 134 Å². The van der Waals surface area contributed by atoms with E-state index < -0.39 is 0 Å². The lowest BCUT2D eigenvalue weighted by molar-refractivity contribution is -0.139. The Bertz CT molecular complexity index is 838. The van der Waals surface area contributed by atoms with Crippen molar-refractivity contribution in [2.45, 2.75) is 12.8 Å². The van der Waals surface area contributed by atoms with Crippen molar-refractivity contribution < 1.29 is 13.9 Å². The van der Waals surface area contributed by atoms with E-state index in [0.29, 0.717) is 0 Å². The van der Waals surface area contributed by atoms with Gasteiger partial charge in [-0.2, -0.15) is 0 Å². The molecule has 3 aromatic carbocycles. The number of hydrogen-bond donors (Lipinski definition) is 0. The number of carbonyl (C=O) groups excluding carboxylic acids is 1. The normalized spacial score (nSPS) is 10.7. The van der Waals surface area contributed by atoms with Gasteiger partial charge in [0.25, 0.3) is 0 Å². The molecule has 0 saturated heterocycles. The predicted octanol–water partition coefficient (Wildman–Crippen LogP) is 4.29. The van der Waals surface area contributed by atoms with Crippen LogP contribution < -0.4 is 0 Å². The maximum atomic E-state index is 13.2. The highest BCUT2D eigenvalue weighted by Gasteiger charge is 2.04. The smallest absolute Gasteiger partial charge is 0.309 e. The van der Waals surface area contributed by atoms with Gasteiger partial charge < -0.3 is 4.74 Å². The van der Waals surface area contributed by atoms with Crippen molar-refractivity contribution in [3.63, 3.8) is 0 Å². The molecule has 3 aromatic rings. The van der Waals surface area contributed by atoms with Gasteiger partial charge in [-0.1, -0.05) is 48.5 Å². The summed E-state index contributed by atoms with van der Waals surface area (Å²) in [4.78, 5) is 11.3. The SMILES string of the molecule is COC(=O)Cc1ccc(Cc2ccc3cc(F)ccc3c2)cc1. The average molecular weight is 308 g/mol. The molecule has 0 bridgehead atoms. The molecule has 116 valence electrons. The summed E-state index contributed by atoms with van der Waals surface area (Å²) < 4.78 is 17.9. The van der Waals surface area contributed by atoms with Gasteiger partial charge in [-0.25, -0.2) is 4.39 Å². The number of esters is 1. The van der Waals surface area contributed by atoms with Gasteiger partial charge in [-0.05, 0) is 46.0 Å². The lowest BCUT2D eigenvalue weighted by atomic mass is 10.00. The fraction of sp³-hybridized carbons (Fsp3) is 0.150. The standard InChI is InChI=1S/C20H17FO2/c1-23-20(22)12-15-4-2-14(3-5-15)10-16-6-7-18-13-19(21)9-8-17(18)11-16/h2-9,11,13H,10,12H2,1H3. The molecule has 0 radical (unpaired) electrons. The molecule has 2 nitrogen and oxygen atoms in total. The summed E-state index contributed by atoms with van der Waals surface area (Å²) in [7, 11) is 1.39. The topological polar surface area (TPSA) is 26.3 Å². The van der Waals surface area contributed by atoms with Crippen molar-refractivity contribution in [1.82, 2.24) is 0 Å². The van der Waals surface area contributed by atoms with E-state index in [9.17, 15) is 9.18 Å². The molecule has 0 unspecified atom stereocenters. The van der Waals surface area contributed by atoms with Crippen LogP contribution in [0, 0.1) is 5.82 Å². The molecular formula is C20H17FO2. The predicted molar refractivity (Wildman–Crippen MR) is 88.9 cm³/mol. The Kier molecular flexibility index (Phi) is 4.38. The molecule has 0 aliphatic heterocycles. The number of ether oxygens (including phenoxy) is 1. The highest BCUT2D eigenvalue weighted by atomic mass is 19.1. The molecule has 3 heteroatoms. The summed E-state index contributed by atoms with van der Waals surface area (Å²) in [6, 6.07) is 18.8. The van der Waals surface area contributed by atoms with Gasteiger partial charge in [0.2, 0.25) is 0 Å². The van der Waals surface area contributed by atoms with Crippen LogP contribution in [0.2, 0.25) is 0 Å². The van der Waals surface area contributed by atoms with E-state index in [2.05, 4.69) is 10.8 Å². The minimum atomic E-state index is -0.237. The second-order valence-corrected chi connectivity index (χ2v) is 5.57. The van der Waals surface area contributed by atoms with E-state index in [0.717, 1.165) is 22.8 Å². The van der Waals surface area contributed by atoms with Crippen molar-refractivity contribution in [2.24, 2.45) is 0 Å². The van der Waals surface area contributed by atoms with E-state index in [-0.39, 0.29) is 18.2 Å². The van der Waals surface area contributed by atoms with Crippen LogP contribution in [0.3, 0.4) is 0 Å². The third-order valence-electron chi connectivity index (χ3n) is 3.87. The van der Waals surface area contributed by atoms with Crippen LogP contribution >= 0.6 is 0 Å². The second kappa shape index (κ2) is 6.61. The van der Waals surface area contributed by atoms with E-state index in [4.69, 9.17) is 0 Å². The molecule has 0 atom stereocenters. The third-order valence-corrected chi connectivity index (χ3v) is 3.87. The fourth-order valence-corrected chi connectivity index (χ4v) is 2.63. The van der Waals surface area contributed by atoms with Crippen molar-refractivity contribution in [3.05, 3.63) is 83.2 Å². The molecule has 0 fully saturated rings. The zero-order valence-electron chi connectivity index (χ0n) is 12.9. The summed E-state index contributed by atoms with van der Waals surface area (Å²) in [5.41, 5.74) is 3.28. The lowest BCUT2D eigenvalue weighted by Crippen LogP contribution is -2.04. The number of hydrogen-bond acceptors (Lipinski definition) is 2. The summed E-state index contributed by atoms with van der Waals surface area (Å²) in [6.07, 6.45) is 1.09. The Morgan fingerprint density at radius 3 is 2.22 bits per heavy atom. The van der Waals surface area contributed by atoms with Gasteiger partial charge in [0, 0.05) is 0 Å². The van der Waals surface area contributed by atoms with Crippen LogP contribution in [-0.4, -0.2) is 13.1 Å². The second-order valence-electron chi connectivity index (χ2n) is 5.57. The summed E-state index contributed by atoms with van der Waals surface area (Å²) in [6.45, 7) is 0. The van der Waals surface area contributed by atoms with E-state index in [1.54, 1.807) is 12.1 Å². The minimum absolute atomic E-state index is 0.216. The van der Waals surface area contributed by atoms with Gasteiger partial charge in [0.1, 0.15) is 5.82 Å². The maximum absolute atomic E-state index is 13.2. The first-order chi connectivity index (χ1) is 11.1. The number of rotatable bonds is 4. The van der Waals surface area contributed by atoms with E-state index in [1.807, 2.05) is 36.4 Å². The maximum Gasteiger partial charge on any atom is 0.309 e. The van der Waals surface area contributed by atoms with Crippen molar-refractivity contribution in [2.75, 3.05) is 7.11 Å². The molecule has 0 aromatic heterocycles. The zero-order chi connectivity index (χ0) is 16.2. The van der Waals surface area contributed by atoms with Crippen LogP contribution in [0.4, 0.5) is 4.39 Å². The van der Waals surface area contributed by atoms with Gasteiger partial charge in [0.05, 0.1) is 13.5 Å². The quantitative estimate of drug-likeness (QED) is 0.672. The Hall–Kier alpha value is -2.68. The molecule has 0 heterocycles. The van der Waals surface area contributed by atoms with Crippen LogP contribution in [0.5, 0.6) is 0 Å². The van der Waals surface area contributed by atoms with Gasteiger partial charge in [0.15, 0.2) is 0 Å². The Morgan fingerprint density at radius 2 is 1.48 bits per heavy atom. The summed E-state index contributed by atoms with van der Waals surface area (Å²) >= 11 is 0. The molecule has 0 spiro atoms. The Balaban J connectivity index is 1.76. The monoisotopic (exact) mass is 308 g/mol. The van der Waals surface area contributed by atoms with Crippen molar-refractivity contribution in [1.29, 1.82) is 0 Å². The van der Waals surface area contributed by atoms with Gasteiger partial charge in [-0.3, -0.25) is 4.79 Å². The molecule has 23 heavy (non-hydrogen) atoms. The summed E-state index contributed by atoms with van der Waals surface area (Å²) in [5, 5.41) is 1.94.